The standard InChI is InChI=1S/C55H65Cl2FN6O10S/c1-34-44-35(2)48(57)49(47(34)56)73-41(29-64-19-17-63(3)18-20-64)31-71-40-9-10-42(38(27-40)28-43(54(65)66)74-52-46-45(44)50(36-7-5-6-8-36)75-53(46)61-33-60-52)72-30-39-13-16-59-51(62-39)37-11-14-55(58,15-12-37)32-70-26-25-69-24-23-68-22-21-67-4/h7,9-11,13,16,27,33,41,43H,5-6,8,12,14-15,17-26,28-32H2,1-4H3,(H,65,66)/t41-,43-,55-/m1/s1. The van der Waals surface area contributed by atoms with Gasteiger partial charge in [0.15, 0.2) is 11.6 Å². The molecule has 20 heteroatoms. The van der Waals surface area contributed by atoms with Crippen molar-refractivity contribution in [3.8, 4) is 34.3 Å². The van der Waals surface area contributed by atoms with Crippen molar-refractivity contribution in [1.82, 2.24) is 29.7 Å². The first-order valence-electron chi connectivity index (χ1n) is 25.6. The zero-order chi connectivity index (χ0) is 52.5. The van der Waals surface area contributed by atoms with Crippen LogP contribution in [0.1, 0.15) is 71.6 Å². The minimum atomic E-state index is -1.52. The van der Waals surface area contributed by atoms with Crippen LogP contribution in [-0.2, 0) is 36.8 Å². The lowest BCUT2D eigenvalue weighted by Crippen LogP contribution is -2.49. The van der Waals surface area contributed by atoms with Crippen molar-refractivity contribution in [2.75, 3.05) is 99.7 Å². The lowest BCUT2D eigenvalue weighted by Gasteiger charge is -2.35. The fourth-order valence-corrected chi connectivity index (χ4v) is 11.6. The number of methoxy groups -OCH3 is 1. The first-order valence-corrected chi connectivity index (χ1v) is 27.2. The van der Waals surface area contributed by atoms with E-state index in [1.165, 1.54) is 17.7 Å². The Morgan fingerprint density at radius 2 is 1.68 bits per heavy atom. The molecule has 3 atom stereocenters. The van der Waals surface area contributed by atoms with Crippen molar-refractivity contribution < 1.29 is 52.2 Å². The maximum atomic E-state index is 15.8. The maximum absolute atomic E-state index is 15.8. The third-order valence-corrected chi connectivity index (χ3v) is 16.1. The van der Waals surface area contributed by atoms with Crippen LogP contribution in [0.3, 0.4) is 0 Å². The normalized spacial score (nSPS) is 20.5. The highest BCUT2D eigenvalue weighted by atomic mass is 35.5. The minimum Gasteiger partial charge on any atom is -0.490 e. The number of hydrogen-bond acceptors (Lipinski definition) is 16. The SMILES string of the molecule is COCCOCCOCCOC[C@@]1(F)CC=C(c2nccc(COc3ccc4cc3C[C@H](C(=O)O)Oc3ncnc5sc(C6=CCCC6)c(c35)-c3c(C)c(Cl)c(c(Cl)c3C)O[C@H](CN3CCN(C)CC3)CO4)n2)CC1. The topological polar surface area (TPSA) is 169 Å². The van der Waals surface area contributed by atoms with Crippen LogP contribution in [0.2, 0.25) is 10.0 Å². The van der Waals surface area contributed by atoms with E-state index in [0.717, 1.165) is 83.7 Å². The van der Waals surface area contributed by atoms with E-state index in [0.29, 0.717) is 101 Å². The number of allylic oxidation sites excluding steroid dienone is 4. The Morgan fingerprint density at radius 1 is 0.920 bits per heavy atom. The smallest absolute Gasteiger partial charge is 0.345 e. The number of carboxylic acid groups (broad SMARTS) is 1. The molecule has 402 valence electrons. The first-order chi connectivity index (χ1) is 36.4. The zero-order valence-electron chi connectivity index (χ0n) is 43.0. The Morgan fingerprint density at radius 3 is 2.39 bits per heavy atom. The molecule has 2 aromatic carbocycles. The molecule has 0 unspecified atom stereocenters. The monoisotopic (exact) mass is 1090 g/mol. The summed E-state index contributed by atoms with van der Waals surface area (Å²) in [6, 6.07) is 7.07. The summed E-state index contributed by atoms with van der Waals surface area (Å²) in [7, 11) is 3.74. The van der Waals surface area contributed by atoms with Crippen molar-refractivity contribution in [1.29, 1.82) is 0 Å². The van der Waals surface area contributed by atoms with Crippen molar-refractivity contribution in [3.05, 3.63) is 92.1 Å². The molecule has 16 nitrogen and oxygen atoms in total. The summed E-state index contributed by atoms with van der Waals surface area (Å²) < 4.78 is 63.8. The number of halogens is 3. The van der Waals surface area contributed by atoms with E-state index in [1.54, 1.807) is 37.6 Å². The number of aliphatic carboxylic acids is 1. The summed E-state index contributed by atoms with van der Waals surface area (Å²) >= 11 is 16.3. The van der Waals surface area contributed by atoms with Crippen LogP contribution in [0, 0.1) is 13.8 Å². The number of piperazine rings is 1. The summed E-state index contributed by atoms with van der Waals surface area (Å²) in [6.07, 6.45) is 8.74. The minimum absolute atomic E-state index is 0.0264. The number of carbonyl (C=O) groups is 1. The van der Waals surface area contributed by atoms with Gasteiger partial charge >= 0.3 is 5.97 Å². The van der Waals surface area contributed by atoms with Crippen LogP contribution >= 0.6 is 34.5 Å². The fourth-order valence-electron chi connectivity index (χ4n) is 9.84. The molecule has 10 rings (SSSR count). The van der Waals surface area contributed by atoms with Gasteiger partial charge in [-0.05, 0) is 105 Å². The largest absolute Gasteiger partial charge is 0.490 e. The molecule has 4 bridgehead atoms. The van der Waals surface area contributed by atoms with Crippen molar-refractivity contribution in [3.63, 3.8) is 0 Å². The molecule has 1 N–H and O–H groups in total. The van der Waals surface area contributed by atoms with Gasteiger partial charge in [-0.15, -0.1) is 11.3 Å². The fraction of sp³-hybridized carbons (Fsp3) is 0.509. The summed E-state index contributed by atoms with van der Waals surface area (Å²) in [6.45, 7) is 10.6. The summed E-state index contributed by atoms with van der Waals surface area (Å²) in [4.78, 5) is 38.3. The number of nitrogens with zero attached hydrogens (tertiary/aromatic N) is 6. The van der Waals surface area contributed by atoms with Gasteiger partial charge in [0.25, 0.3) is 0 Å². The number of hydrogen-bond donors (Lipinski definition) is 1. The number of fused-ring (bicyclic) bond motifs is 7. The van der Waals surface area contributed by atoms with Crippen LogP contribution in [0.5, 0.6) is 23.1 Å². The molecule has 75 heavy (non-hydrogen) atoms. The Kier molecular flexibility index (Phi) is 18.6. The Bertz CT molecular complexity index is 2850. The van der Waals surface area contributed by atoms with E-state index in [-0.39, 0.29) is 51.6 Å². The molecule has 0 spiro atoms. The number of likely N-dealkylation sites (N-methyl/N-ethyl adjacent to an activating group) is 1. The van der Waals surface area contributed by atoms with Crippen LogP contribution < -0.4 is 18.9 Å². The molecule has 5 aromatic rings. The van der Waals surface area contributed by atoms with Gasteiger partial charge in [-0.25, -0.2) is 29.1 Å². The first kappa shape index (κ1) is 54.8. The molecule has 5 aliphatic rings. The molecule has 2 aliphatic carbocycles. The molecule has 3 aromatic heterocycles. The van der Waals surface area contributed by atoms with Crippen LogP contribution in [-0.4, -0.2) is 158 Å². The number of carboxylic acids is 1. The van der Waals surface area contributed by atoms with Crippen LogP contribution in [0.25, 0.3) is 32.5 Å². The van der Waals surface area contributed by atoms with Gasteiger partial charge in [0.1, 0.15) is 47.6 Å². The van der Waals surface area contributed by atoms with Crippen molar-refractivity contribution >= 4 is 61.9 Å². The van der Waals surface area contributed by atoms with Gasteiger partial charge < -0.3 is 47.9 Å². The molecule has 0 amide bonds. The van der Waals surface area contributed by atoms with E-state index in [4.69, 9.17) is 71.1 Å². The van der Waals surface area contributed by atoms with Crippen molar-refractivity contribution in [2.24, 2.45) is 0 Å². The average molecular weight is 1090 g/mol. The molecule has 3 aliphatic heterocycles. The molecule has 0 radical (unpaired) electrons. The van der Waals surface area contributed by atoms with Gasteiger partial charge in [0.05, 0.1) is 67.4 Å². The third-order valence-electron chi connectivity index (χ3n) is 14.1. The van der Waals surface area contributed by atoms with Gasteiger partial charge in [-0.2, -0.15) is 0 Å². The number of benzene rings is 2. The van der Waals surface area contributed by atoms with E-state index < -0.39 is 23.8 Å². The molecular weight excluding hydrogens is 1030 g/mol. The molecule has 6 heterocycles. The summed E-state index contributed by atoms with van der Waals surface area (Å²) in [5, 5.41) is 12.3. The predicted octanol–water partition coefficient (Wildman–Crippen LogP) is 9.65. The third kappa shape index (κ3) is 13.4. The number of alkyl halides is 1. The lowest BCUT2D eigenvalue weighted by atomic mass is 9.87. The molecule has 1 saturated heterocycles. The Balaban J connectivity index is 0.984. The van der Waals surface area contributed by atoms with E-state index in [1.807, 2.05) is 19.9 Å². The second kappa shape index (κ2) is 25.4. The van der Waals surface area contributed by atoms with Crippen molar-refractivity contribution in [2.45, 2.75) is 83.3 Å². The van der Waals surface area contributed by atoms with Crippen LogP contribution in [0.4, 0.5) is 4.39 Å². The maximum Gasteiger partial charge on any atom is 0.345 e. The molecule has 1 fully saturated rings. The zero-order valence-corrected chi connectivity index (χ0v) is 45.3. The number of rotatable bonds is 19. The highest BCUT2D eigenvalue weighted by Gasteiger charge is 2.35. The van der Waals surface area contributed by atoms with E-state index in [9.17, 15) is 9.90 Å². The lowest BCUT2D eigenvalue weighted by molar-refractivity contribution is -0.145. The van der Waals surface area contributed by atoms with Crippen LogP contribution in [0.15, 0.2) is 48.9 Å². The predicted molar refractivity (Wildman–Crippen MR) is 287 cm³/mol. The van der Waals surface area contributed by atoms with E-state index in [2.05, 4.69) is 32.9 Å². The van der Waals surface area contributed by atoms with E-state index >= 15 is 4.39 Å². The summed E-state index contributed by atoms with van der Waals surface area (Å²) in [5.41, 5.74) is 4.66. The average Bonchev–Trinajstić information content (AvgIpc) is 4.09. The number of ether oxygens (including phenoxy) is 8. The van der Waals surface area contributed by atoms with Gasteiger partial charge in [0.2, 0.25) is 12.0 Å². The quantitative estimate of drug-likeness (QED) is 0.0775. The van der Waals surface area contributed by atoms with Gasteiger partial charge in [0, 0.05) is 74.9 Å². The number of thiophene rings is 1. The highest BCUT2D eigenvalue weighted by molar-refractivity contribution is 7.20. The number of aromatic nitrogens is 4. The highest BCUT2D eigenvalue weighted by Crippen LogP contribution is 2.53. The second-order valence-corrected chi connectivity index (χ2v) is 21.2. The van der Waals surface area contributed by atoms with Gasteiger partial charge in [-0.1, -0.05) is 35.4 Å². The Labute approximate surface area is 451 Å². The summed E-state index contributed by atoms with van der Waals surface area (Å²) in [5.74, 6) is 0.641. The molecule has 0 saturated carbocycles. The van der Waals surface area contributed by atoms with Gasteiger partial charge in [-0.3, -0.25) is 4.90 Å². The molecular formula is C55H65Cl2FN6O10S. The Hall–Kier alpha value is -5.02. The second-order valence-electron chi connectivity index (χ2n) is 19.5.